The molecule has 0 spiro atoms. The van der Waals surface area contributed by atoms with Crippen molar-refractivity contribution in [1.82, 2.24) is 51.7 Å². The van der Waals surface area contributed by atoms with Crippen LogP contribution in [0.2, 0.25) is 3.98 Å². The number of aliphatic carboxylic acids is 1. The number of nitrogens with one attached hydrogen (secondary N) is 7. The van der Waals surface area contributed by atoms with Crippen molar-refractivity contribution in [3.8, 4) is 11.4 Å². The van der Waals surface area contributed by atoms with Gasteiger partial charge >= 0.3 is 97.9 Å². The third-order valence-electron chi connectivity index (χ3n) is 13.8. The van der Waals surface area contributed by atoms with Gasteiger partial charge in [-0.25, -0.2) is 9.37 Å². The molecule has 26 heteroatoms. The first-order chi connectivity index (χ1) is 36.9. The van der Waals surface area contributed by atoms with Crippen molar-refractivity contribution < 1.29 is 66.9 Å². The van der Waals surface area contributed by atoms with Crippen LogP contribution in [0.3, 0.4) is 0 Å². The van der Waals surface area contributed by atoms with Gasteiger partial charge in [0.25, 0.3) is 23.3 Å². The maximum atomic E-state index is 15.2. The molecule has 7 amide bonds. The summed E-state index contributed by atoms with van der Waals surface area (Å²) in [5.41, 5.74) is 4.48. The van der Waals surface area contributed by atoms with Gasteiger partial charge in [0.1, 0.15) is 30.8 Å². The number of amides is 7. The van der Waals surface area contributed by atoms with Gasteiger partial charge in [0, 0.05) is 42.3 Å². The number of halogens is 1. The number of benzene rings is 1. The van der Waals surface area contributed by atoms with E-state index < -0.39 is 53.3 Å². The molecule has 3 aromatic rings. The molecule has 0 bridgehead atoms. The molecular weight excluding hydrogens is 1200 g/mol. The second-order valence-corrected chi connectivity index (χ2v) is 20.2. The van der Waals surface area contributed by atoms with Crippen molar-refractivity contribution in [3.63, 3.8) is 0 Å². The molecule has 5 aliphatic rings. The fraction of sp³-hybridized carbons (Fsp3) is 0.490. The second-order valence-electron chi connectivity index (χ2n) is 18.6. The van der Waals surface area contributed by atoms with Crippen molar-refractivity contribution in [2.45, 2.75) is 112 Å². The number of pyridine rings is 2. The van der Waals surface area contributed by atoms with Crippen molar-refractivity contribution in [1.29, 1.82) is 0 Å². The average molecular weight is 1270 g/mol. The molecule has 2 aliphatic carbocycles. The van der Waals surface area contributed by atoms with E-state index in [2.05, 4.69) is 37.2 Å². The molecule has 8 rings (SSSR count). The van der Waals surface area contributed by atoms with Crippen molar-refractivity contribution >= 4 is 96.7 Å². The van der Waals surface area contributed by atoms with Gasteiger partial charge in [-0.2, -0.15) is 0 Å². The summed E-state index contributed by atoms with van der Waals surface area (Å²) in [6.45, 7) is 5.36. The minimum atomic E-state index is -1.09. The van der Waals surface area contributed by atoms with E-state index >= 15 is 4.39 Å². The SMILES string of the molecule is CCC1C(=O)OCc2c1cc1n(c2=O)Cc2c-1nc1cc(F)c(C)c3c1c2C(NC(=O)C1(OCNC(=O)CNC)CCCC1)CC3.CCNC(=O)C(CNCC(=O)O)N1C(=O)C=CC1=O.O=CNCC(=O)NC(C=O)[CH2][Pb]. The number of hydrogen-bond donors (Lipinski definition) is 8. The molecule has 411 valence electrons. The molecule has 5 heterocycles. The molecule has 3 radical (unpaired) electrons. The van der Waals surface area contributed by atoms with Crippen LogP contribution in [0, 0.1) is 12.7 Å². The van der Waals surface area contributed by atoms with Crippen LogP contribution in [0.5, 0.6) is 0 Å². The number of nitrogens with zero attached hydrogens (tertiary/aromatic N) is 3. The van der Waals surface area contributed by atoms with Crippen molar-refractivity contribution in [3.05, 3.63) is 73.8 Å². The molecule has 8 N–H and O–H groups in total. The second kappa shape index (κ2) is 27.0. The Labute approximate surface area is 457 Å². The van der Waals surface area contributed by atoms with E-state index in [9.17, 15) is 52.7 Å². The predicted molar refractivity (Wildman–Crippen MR) is 273 cm³/mol. The number of carbonyl (C=O) groups is 10. The molecule has 1 aromatic carbocycles. The first-order valence-corrected chi connectivity index (χ1v) is 27.9. The Morgan fingerprint density at radius 2 is 1.70 bits per heavy atom. The van der Waals surface area contributed by atoms with Gasteiger partial charge in [-0.3, -0.25) is 43.3 Å². The number of esters is 1. The molecule has 4 unspecified atom stereocenters. The van der Waals surface area contributed by atoms with Crippen molar-refractivity contribution in [2.75, 3.05) is 46.5 Å². The van der Waals surface area contributed by atoms with E-state index in [0.717, 1.165) is 77.7 Å². The number of carboxylic acids is 1. The van der Waals surface area contributed by atoms with Crippen LogP contribution in [0.15, 0.2) is 29.1 Å². The standard InChI is InChI=1S/C34H38FN5O6.C11H15N3O5.C6H9N2O3.Pb/c1-4-18-20-11-26-30-21(14-40(26)31(42)22(20)15-45-32(18)43)29-24(8-7-19-17(2)23(35)12-25(38-30)28(19)29)39-33(44)34(9-5-6-10-34)46-16-37-27(41)13-36-3;1-2-13-11(19)7(5-12-6-10(17)18)14-8(15)3-4-9(14)16;1-5(3-9)8-6(11)2-7-4-10;/h11-12,18,24,36H,4-10,13-16H2,1-3H3,(H,37,41)(H,39,44);3-4,7,12H,2,5-6H2,1H3,(H,13,19)(H,17,18);3-5H,1-2H2,(H,7,10)(H,8,11);. The number of aryl methyl sites for hydroxylation is 1. The van der Waals surface area contributed by atoms with Gasteiger partial charge in [0.05, 0.1) is 54.1 Å². The van der Waals surface area contributed by atoms with Crippen LogP contribution in [-0.4, -0.2) is 170 Å². The number of imide groups is 1. The van der Waals surface area contributed by atoms with E-state index in [4.69, 9.17) is 19.6 Å². The number of cyclic esters (lactones) is 1. The summed E-state index contributed by atoms with van der Waals surface area (Å²) in [4.78, 5) is 134. The number of likely N-dealkylation sites (N-methyl/N-ethyl adjacent to an activating group) is 2. The molecule has 1 saturated carbocycles. The first kappa shape index (κ1) is 59.4. The Morgan fingerprint density at radius 1 is 0.987 bits per heavy atom. The van der Waals surface area contributed by atoms with Gasteiger partial charge in [0.15, 0.2) is 0 Å². The van der Waals surface area contributed by atoms with Crippen LogP contribution < -0.4 is 42.8 Å². The molecule has 1 fully saturated rings. The van der Waals surface area contributed by atoms with Gasteiger partial charge < -0.3 is 45.7 Å². The van der Waals surface area contributed by atoms with Crippen LogP contribution in [0.4, 0.5) is 4.39 Å². The summed E-state index contributed by atoms with van der Waals surface area (Å²) < 4.78 is 29.1. The maximum absolute atomic E-state index is 15.2. The summed E-state index contributed by atoms with van der Waals surface area (Å²) >= 11 is 0.856. The molecule has 0 saturated heterocycles. The summed E-state index contributed by atoms with van der Waals surface area (Å²) in [6.07, 6.45) is 7.58. The topological polar surface area (TPSA) is 332 Å². The number of fused-ring (bicyclic) bond motifs is 5. The van der Waals surface area contributed by atoms with E-state index in [0.29, 0.717) is 88.9 Å². The number of aromatic nitrogens is 2. The molecule has 4 atom stereocenters. The molecule has 2 aromatic heterocycles. The average Bonchev–Trinajstić information content (AvgIpc) is 4.23. The van der Waals surface area contributed by atoms with E-state index in [1.165, 1.54) is 6.07 Å². The van der Waals surface area contributed by atoms with Crippen molar-refractivity contribution in [2.24, 2.45) is 0 Å². The van der Waals surface area contributed by atoms with Gasteiger partial charge in [-0.15, -0.1) is 0 Å². The van der Waals surface area contributed by atoms with Gasteiger partial charge in [-0.05, 0) is 94.2 Å². The molecule has 24 nitrogen and oxygen atoms in total. The third kappa shape index (κ3) is 13.5. The number of carbonyl (C=O) groups excluding carboxylic acids is 9. The van der Waals surface area contributed by atoms with Crippen LogP contribution in [-0.2, 0) is 77.0 Å². The normalized spacial score (nSPS) is 17.9. The van der Waals surface area contributed by atoms with Gasteiger partial charge in [-0.1, -0.05) is 6.92 Å². The number of hydrogen-bond acceptors (Lipinski definition) is 16. The van der Waals surface area contributed by atoms with E-state index in [-0.39, 0.29) is 81.1 Å². The summed E-state index contributed by atoms with van der Waals surface area (Å²) in [5.74, 6) is -4.83. The number of rotatable bonds is 21. The molecular formula is C51H62FN10O14Pb. The molecule has 77 heavy (non-hydrogen) atoms. The summed E-state index contributed by atoms with van der Waals surface area (Å²) in [7, 11) is 1.68. The number of ether oxygens (including phenoxy) is 2. The van der Waals surface area contributed by atoms with Crippen LogP contribution >= 0.6 is 0 Å². The van der Waals surface area contributed by atoms with E-state index in [1.807, 2.05) is 13.0 Å². The van der Waals surface area contributed by atoms with Gasteiger partial charge in [0.2, 0.25) is 11.8 Å². The van der Waals surface area contributed by atoms with Crippen LogP contribution in [0.1, 0.15) is 97.7 Å². The fourth-order valence-electron chi connectivity index (χ4n) is 10.0. The zero-order valence-corrected chi connectivity index (χ0v) is 46.9. The predicted octanol–water partition coefficient (Wildman–Crippen LogP) is -0.758. The Bertz CT molecular complexity index is 2910. The fourth-order valence-corrected chi connectivity index (χ4v) is 10.8. The Balaban J connectivity index is 0.000000255. The van der Waals surface area contributed by atoms with E-state index in [1.54, 1.807) is 25.5 Å². The third-order valence-corrected chi connectivity index (χ3v) is 15.5. The zero-order valence-electron chi connectivity index (χ0n) is 43.1. The summed E-state index contributed by atoms with van der Waals surface area (Å²) in [6, 6.07) is 1.42. The number of carboxylic acid groups (broad SMARTS) is 1. The Kier molecular flexibility index (Phi) is 20.8. The van der Waals surface area contributed by atoms with Crippen LogP contribution in [0.25, 0.3) is 22.3 Å². The zero-order chi connectivity index (χ0) is 56.1. The monoisotopic (exact) mass is 1270 g/mol. The quantitative estimate of drug-likeness (QED) is 0.0167. The minimum absolute atomic E-state index is 0.0740. The Morgan fingerprint density at radius 3 is 2.32 bits per heavy atom. The molecule has 3 aliphatic heterocycles. The first-order valence-electron chi connectivity index (χ1n) is 25.1. The number of aldehydes is 1. The Hall–Kier alpha value is -6.85. The summed E-state index contributed by atoms with van der Waals surface area (Å²) in [5, 5.41) is 27.8.